The Balaban J connectivity index is 2.24. The number of carbonyl (C=O) groups is 1. The highest BCUT2D eigenvalue weighted by atomic mass is 35.5. The average Bonchev–Trinajstić information content (AvgIpc) is 2.59. The van der Waals surface area contributed by atoms with Gasteiger partial charge in [0.05, 0.1) is 32.6 Å². The standard InChI is InChI=1S/C19H22ClNO4/c1-12(2)25-11-14-9-13(5-7-17(14)23-3)19(22)21-16-10-15(20)6-8-18(16)24-4/h5-10,12H,11H2,1-4H3,(H,21,22). The number of halogens is 1. The first-order chi connectivity index (χ1) is 11.9. The Labute approximate surface area is 152 Å². The molecule has 2 rings (SSSR count). The number of nitrogens with one attached hydrogen (secondary N) is 1. The van der Waals surface area contributed by atoms with Gasteiger partial charge in [-0.3, -0.25) is 4.79 Å². The van der Waals surface area contributed by atoms with Gasteiger partial charge >= 0.3 is 0 Å². The van der Waals surface area contributed by atoms with E-state index in [2.05, 4.69) is 5.32 Å². The van der Waals surface area contributed by atoms with Gasteiger partial charge in [-0.25, -0.2) is 0 Å². The van der Waals surface area contributed by atoms with E-state index in [1.165, 1.54) is 7.11 Å². The van der Waals surface area contributed by atoms with E-state index in [1.54, 1.807) is 43.5 Å². The SMILES string of the molecule is COc1ccc(C(=O)Nc2cc(Cl)ccc2OC)cc1COC(C)C. The summed E-state index contributed by atoms with van der Waals surface area (Å²) in [6.45, 7) is 4.27. The van der Waals surface area contributed by atoms with Crippen LogP contribution >= 0.6 is 11.6 Å². The van der Waals surface area contributed by atoms with E-state index in [0.717, 1.165) is 5.56 Å². The first-order valence-electron chi connectivity index (χ1n) is 7.88. The van der Waals surface area contributed by atoms with Crippen LogP contribution in [-0.4, -0.2) is 26.2 Å². The fourth-order valence-electron chi connectivity index (χ4n) is 2.26. The Morgan fingerprint density at radius 1 is 1.08 bits per heavy atom. The minimum absolute atomic E-state index is 0.0814. The fourth-order valence-corrected chi connectivity index (χ4v) is 2.43. The zero-order valence-electron chi connectivity index (χ0n) is 14.8. The number of carbonyl (C=O) groups excluding carboxylic acids is 1. The molecule has 0 aliphatic carbocycles. The Morgan fingerprint density at radius 3 is 2.40 bits per heavy atom. The van der Waals surface area contributed by atoms with Gasteiger partial charge in [0.25, 0.3) is 5.91 Å². The Bertz CT molecular complexity index is 746. The Morgan fingerprint density at radius 2 is 1.76 bits per heavy atom. The number of amides is 1. The highest BCUT2D eigenvalue weighted by molar-refractivity contribution is 6.31. The zero-order chi connectivity index (χ0) is 18.4. The molecule has 1 amide bonds. The molecule has 2 aromatic carbocycles. The first-order valence-corrected chi connectivity index (χ1v) is 8.25. The molecule has 25 heavy (non-hydrogen) atoms. The second-order valence-corrected chi connectivity index (χ2v) is 6.12. The Hall–Kier alpha value is -2.24. The minimum Gasteiger partial charge on any atom is -0.496 e. The zero-order valence-corrected chi connectivity index (χ0v) is 15.5. The molecule has 6 heteroatoms. The number of benzene rings is 2. The lowest BCUT2D eigenvalue weighted by atomic mass is 10.1. The maximum absolute atomic E-state index is 12.6. The van der Waals surface area contributed by atoms with Crippen LogP contribution in [0, 0.1) is 0 Å². The predicted molar refractivity (Wildman–Crippen MR) is 98.9 cm³/mol. The molecule has 0 saturated heterocycles. The number of anilines is 1. The van der Waals surface area contributed by atoms with Crippen molar-refractivity contribution >= 4 is 23.2 Å². The van der Waals surface area contributed by atoms with Crippen LogP contribution in [0.25, 0.3) is 0 Å². The molecular weight excluding hydrogens is 342 g/mol. The number of rotatable bonds is 7. The molecule has 0 fully saturated rings. The monoisotopic (exact) mass is 363 g/mol. The lowest BCUT2D eigenvalue weighted by Crippen LogP contribution is -2.13. The van der Waals surface area contributed by atoms with Gasteiger partial charge in [-0.2, -0.15) is 0 Å². The van der Waals surface area contributed by atoms with Crippen LogP contribution in [0.5, 0.6) is 11.5 Å². The highest BCUT2D eigenvalue weighted by Crippen LogP contribution is 2.29. The van der Waals surface area contributed by atoms with Crippen molar-refractivity contribution in [2.75, 3.05) is 19.5 Å². The molecule has 2 aromatic rings. The van der Waals surface area contributed by atoms with Crippen LogP contribution < -0.4 is 14.8 Å². The van der Waals surface area contributed by atoms with Crippen LogP contribution in [0.4, 0.5) is 5.69 Å². The summed E-state index contributed by atoms with van der Waals surface area (Å²) in [5, 5.41) is 3.33. The highest BCUT2D eigenvalue weighted by Gasteiger charge is 2.13. The summed E-state index contributed by atoms with van der Waals surface area (Å²) in [7, 11) is 3.12. The summed E-state index contributed by atoms with van der Waals surface area (Å²) in [6, 6.07) is 10.3. The molecule has 0 saturated carbocycles. The van der Waals surface area contributed by atoms with E-state index < -0.39 is 0 Å². The summed E-state index contributed by atoms with van der Waals surface area (Å²) in [5.41, 5.74) is 1.81. The van der Waals surface area contributed by atoms with Gasteiger partial charge < -0.3 is 19.5 Å². The van der Waals surface area contributed by atoms with Crippen molar-refractivity contribution in [1.29, 1.82) is 0 Å². The van der Waals surface area contributed by atoms with Gasteiger partial charge in [-0.15, -0.1) is 0 Å². The van der Waals surface area contributed by atoms with Gasteiger partial charge in [0, 0.05) is 16.1 Å². The van der Waals surface area contributed by atoms with Crippen molar-refractivity contribution in [2.45, 2.75) is 26.6 Å². The molecule has 0 aromatic heterocycles. The lowest BCUT2D eigenvalue weighted by molar-refractivity contribution is 0.0644. The number of hydrogen-bond acceptors (Lipinski definition) is 4. The molecule has 5 nitrogen and oxygen atoms in total. The molecule has 0 radical (unpaired) electrons. The van der Waals surface area contributed by atoms with Gasteiger partial charge in [0.1, 0.15) is 11.5 Å². The number of ether oxygens (including phenoxy) is 3. The summed E-state index contributed by atoms with van der Waals surface area (Å²) in [4.78, 5) is 12.6. The van der Waals surface area contributed by atoms with Gasteiger partial charge in [0.2, 0.25) is 0 Å². The number of hydrogen-bond donors (Lipinski definition) is 1. The van der Waals surface area contributed by atoms with E-state index in [0.29, 0.717) is 34.4 Å². The second-order valence-electron chi connectivity index (χ2n) is 5.69. The molecule has 0 unspecified atom stereocenters. The molecule has 1 N–H and O–H groups in total. The third-order valence-corrected chi connectivity index (χ3v) is 3.76. The van der Waals surface area contributed by atoms with Crippen molar-refractivity contribution < 1.29 is 19.0 Å². The normalized spacial score (nSPS) is 10.6. The predicted octanol–water partition coefficient (Wildman–Crippen LogP) is 4.53. The molecule has 0 atom stereocenters. The third kappa shape index (κ3) is 5.11. The van der Waals surface area contributed by atoms with E-state index >= 15 is 0 Å². The molecule has 134 valence electrons. The molecule has 0 bridgehead atoms. The van der Waals surface area contributed by atoms with Gasteiger partial charge in [-0.05, 0) is 50.2 Å². The molecule has 0 spiro atoms. The second kappa shape index (κ2) is 8.74. The van der Waals surface area contributed by atoms with Crippen molar-refractivity contribution in [3.63, 3.8) is 0 Å². The molecule has 0 aliphatic rings. The third-order valence-electron chi connectivity index (χ3n) is 3.52. The van der Waals surface area contributed by atoms with Gasteiger partial charge in [0.15, 0.2) is 0 Å². The van der Waals surface area contributed by atoms with Crippen LogP contribution in [-0.2, 0) is 11.3 Å². The molecule has 0 heterocycles. The van der Waals surface area contributed by atoms with Crippen LogP contribution in [0.3, 0.4) is 0 Å². The Kier molecular flexibility index (Phi) is 6.67. The van der Waals surface area contributed by atoms with Crippen molar-refractivity contribution in [3.8, 4) is 11.5 Å². The number of methoxy groups -OCH3 is 2. The summed E-state index contributed by atoms with van der Waals surface area (Å²) >= 11 is 6.00. The maximum atomic E-state index is 12.6. The largest absolute Gasteiger partial charge is 0.496 e. The van der Waals surface area contributed by atoms with Gasteiger partial charge in [-0.1, -0.05) is 11.6 Å². The summed E-state index contributed by atoms with van der Waals surface area (Å²) < 4.78 is 16.2. The smallest absolute Gasteiger partial charge is 0.255 e. The minimum atomic E-state index is -0.269. The molecule has 0 aliphatic heterocycles. The first kappa shape index (κ1) is 19.1. The van der Waals surface area contributed by atoms with E-state index in [1.807, 2.05) is 13.8 Å². The van der Waals surface area contributed by atoms with E-state index in [-0.39, 0.29) is 12.0 Å². The van der Waals surface area contributed by atoms with Crippen molar-refractivity contribution in [1.82, 2.24) is 0 Å². The van der Waals surface area contributed by atoms with Crippen LogP contribution in [0.1, 0.15) is 29.8 Å². The topological polar surface area (TPSA) is 56.8 Å². The van der Waals surface area contributed by atoms with Crippen LogP contribution in [0.2, 0.25) is 5.02 Å². The van der Waals surface area contributed by atoms with Crippen LogP contribution in [0.15, 0.2) is 36.4 Å². The van der Waals surface area contributed by atoms with E-state index in [9.17, 15) is 4.79 Å². The summed E-state index contributed by atoms with van der Waals surface area (Å²) in [5.74, 6) is 0.946. The van der Waals surface area contributed by atoms with E-state index in [4.69, 9.17) is 25.8 Å². The fraction of sp³-hybridized carbons (Fsp3) is 0.316. The van der Waals surface area contributed by atoms with Crippen molar-refractivity contribution in [3.05, 3.63) is 52.5 Å². The maximum Gasteiger partial charge on any atom is 0.255 e. The molecular formula is C19H22ClNO4. The quantitative estimate of drug-likeness (QED) is 0.784. The lowest BCUT2D eigenvalue weighted by Gasteiger charge is -2.14. The average molecular weight is 364 g/mol. The van der Waals surface area contributed by atoms with Crippen molar-refractivity contribution in [2.24, 2.45) is 0 Å². The summed E-state index contributed by atoms with van der Waals surface area (Å²) in [6.07, 6.45) is 0.0814.